The van der Waals surface area contributed by atoms with Crippen LogP contribution in [-0.2, 0) is 30.6 Å². The Bertz CT molecular complexity index is 953. The van der Waals surface area contributed by atoms with Gasteiger partial charge in [0.1, 0.15) is 17.6 Å². The van der Waals surface area contributed by atoms with Gasteiger partial charge in [0.15, 0.2) is 0 Å². The maximum Gasteiger partial charge on any atom is 0.234 e. The molecule has 4 rings (SSSR count). The van der Waals surface area contributed by atoms with Crippen molar-refractivity contribution < 1.29 is 9.21 Å². The van der Waals surface area contributed by atoms with Crippen LogP contribution in [0, 0.1) is 17.2 Å². The van der Waals surface area contributed by atoms with Crippen molar-refractivity contribution in [3.05, 3.63) is 46.5 Å². The van der Waals surface area contributed by atoms with Gasteiger partial charge >= 0.3 is 0 Å². The fourth-order valence-electron chi connectivity index (χ4n) is 4.60. The Hall–Kier alpha value is -2.85. The van der Waals surface area contributed by atoms with Crippen LogP contribution in [0.1, 0.15) is 48.4 Å². The van der Waals surface area contributed by atoms with E-state index in [9.17, 15) is 10.1 Å². The second-order valence-electron chi connectivity index (χ2n) is 8.90. The van der Waals surface area contributed by atoms with Crippen LogP contribution >= 0.6 is 0 Å². The molecule has 2 aromatic heterocycles. The molecule has 1 aliphatic carbocycles. The molecule has 3 heterocycles. The van der Waals surface area contributed by atoms with Gasteiger partial charge in [0, 0.05) is 31.9 Å². The van der Waals surface area contributed by atoms with Crippen molar-refractivity contribution in [2.75, 3.05) is 37.6 Å². The van der Waals surface area contributed by atoms with Gasteiger partial charge in [0.2, 0.25) is 5.91 Å². The van der Waals surface area contributed by atoms with Gasteiger partial charge in [0.05, 0.1) is 24.9 Å². The van der Waals surface area contributed by atoms with Crippen molar-refractivity contribution in [2.24, 2.45) is 5.92 Å². The van der Waals surface area contributed by atoms with Crippen LogP contribution in [0.25, 0.3) is 0 Å². The number of aromatic nitrogens is 1. The van der Waals surface area contributed by atoms with Gasteiger partial charge < -0.3 is 14.6 Å². The number of furan rings is 1. The summed E-state index contributed by atoms with van der Waals surface area (Å²) in [5.41, 5.74) is 4.49. The van der Waals surface area contributed by atoms with E-state index in [2.05, 4.69) is 35.0 Å². The van der Waals surface area contributed by atoms with Gasteiger partial charge in [-0.2, -0.15) is 5.26 Å². The van der Waals surface area contributed by atoms with Gasteiger partial charge in [-0.15, -0.1) is 0 Å². The highest BCUT2D eigenvalue weighted by molar-refractivity contribution is 5.78. The lowest BCUT2D eigenvalue weighted by molar-refractivity contribution is -0.122. The molecule has 31 heavy (non-hydrogen) atoms. The van der Waals surface area contributed by atoms with E-state index in [0.717, 1.165) is 69.0 Å². The summed E-state index contributed by atoms with van der Waals surface area (Å²) < 4.78 is 5.26. The minimum absolute atomic E-state index is 0.00237. The molecule has 0 aromatic carbocycles. The lowest BCUT2D eigenvalue weighted by atomic mass is 9.97. The average Bonchev–Trinajstić information content (AvgIpc) is 3.44. The summed E-state index contributed by atoms with van der Waals surface area (Å²) in [6.45, 7) is 8.31. The summed E-state index contributed by atoms with van der Waals surface area (Å²) in [5.74, 6) is 2.13. The first-order chi connectivity index (χ1) is 15.0. The number of nitrogens with zero attached hydrogens (tertiary/aromatic N) is 4. The van der Waals surface area contributed by atoms with Crippen LogP contribution < -0.4 is 10.2 Å². The molecule has 164 valence electrons. The summed E-state index contributed by atoms with van der Waals surface area (Å²) in [6, 6.07) is 6.12. The van der Waals surface area contributed by atoms with E-state index in [-0.39, 0.29) is 5.91 Å². The smallest absolute Gasteiger partial charge is 0.234 e. The molecule has 7 heteroatoms. The molecule has 1 saturated heterocycles. The monoisotopic (exact) mass is 421 g/mol. The van der Waals surface area contributed by atoms with E-state index >= 15 is 0 Å². The SMILES string of the molecule is CC(C)Cc1nc(N2CCN(CC(=O)NCc3ccco3)CC2)c(C#N)c2c1CCC2. The number of pyridine rings is 1. The number of hydrogen-bond donors (Lipinski definition) is 1. The number of anilines is 1. The molecule has 0 radical (unpaired) electrons. The molecule has 1 aliphatic heterocycles. The second kappa shape index (κ2) is 9.52. The number of rotatable bonds is 7. The Balaban J connectivity index is 1.40. The maximum atomic E-state index is 12.3. The highest BCUT2D eigenvalue weighted by atomic mass is 16.3. The molecule has 2 aromatic rings. The average molecular weight is 422 g/mol. The first-order valence-electron chi connectivity index (χ1n) is 11.3. The second-order valence-corrected chi connectivity index (χ2v) is 8.90. The maximum absolute atomic E-state index is 12.3. The predicted octanol–water partition coefficient (Wildman–Crippen LogP) is 2.67. The number of fused-ring (bicyclic) bond motifs is 1. The third-order valence-electron chi connectivity index (χ3n) is 6.12. The minimum atomic E-state index is -0.00237. The zero-order valence-electron chi connectivity index (χ0n) is 18.5. The third kappa shape index (κ3) is 4.91. The van der Waals surface area contributed by atoms with Gasteiger partial charge in [-0.05, 0) is 54.9 Å². The van der Waals surface area contributed by atoms with E-state index in [4.69, 9.17) is 9.40 Å². The van der Waals surface area contributed by atoms with E-state index in [1.807, 2.05) is 12.1 Å². The Labute approximate surface area is 184 Å². The largest absolute Gasteiger partial charge is 0.467 e. The summed E-state index contributed by atoms with van der Waals surface area (Å²) in [7, 11) is 0. The Morgan fingerprint density at radius 3 is 2.71 bits per heavy atom. The Morgan fingerprint density at radius 2 is 2.03 bits per heavy atom. The number of amides is 1. The number of piperazine rings is 1. The van der Waals surface area contributed by atoms with Crippen molar-refractivity contribution >= 4 is 11.7 Å². The van der Waals surface area contributed by atoms with Crippen molar-refractivity contribution in [1.82, 2.24) is 15.2 Å². The fraction of sp³-hybridized carbons (Fsp3) is 0.542. The van der Waals surface area contributed by atoms with Crippen LogP contribution in [0.3, 0.4) is 0 Å². The molecule has 7 nitrogen and oxygen atoms in total. The number of carbonyl (C=O) groups excluding carboxylic acids is 1. The normalized spacial score (nSPS) is 16.4. The zero-order chi connectivity index (χ0) is 21.8. The lowest BCUT2D eigenvalue weighted by Gasteiger charge is -2.36. The van der Waals surface area contributed by atoms with E-state index in [1.54, 1.807) is 6.26 Å². The molecule has 0 unspecified atom stereocenters. The summed E-state index contributed by atoms with van der Waals surface area (Å²) >= 11 is 0. The quantitative estimate of drug-likeness (QED) is 0.740. The van der Waals surface area contributed by atoms with E-state index in [1.165, 1.54) is 16.8 Å². The van der Waals surface area contributed by atoms with E-state index < -0.39 is 0 Å². The number of hydrogen-bond acceptors (Lipinski definition) is 6. The lowest BCUT2D eigenvalue weighted by Crippen LogP contribution is -2.50. The van der Waals surface area contributed by atoms with Crippen molar-refractivity contribution in [1.29, 1.82) is 5.26 Å². The number of carbonyl (C=O) groups is 1. The van der Waals surface area contributed by atoms with Gasteiger partial charge in [-0.1, -0.05) is 13.8 Å². The van der Waals surface area contributed by atoms with E-state index in [0.29, 0.717) is 19.0 Å². The van der Waals surface area contributed by atoms with Crippen molar-refractivity contribution in [3.63, 3.8) is 0 Å². The van der Waals surface area contributed by atoms with Crippen molar-refractivity contribution in [3.8, 4) is 6.07 Å². The number of nitriles is 1. The molecular weight excluding hydrogens is 390 g/mol. The molecular formula is C24H31N5O2. The molecule has 0 bridgehead atoms. The molecule has 1 N–H and O–H groups in total. The van der Waals surface area contributed by atoms with Crippen LogP contribution in [0.5, 0.6) is 0 Å². The van der Waals surface area contributed by atoms with Gasteiger partial charge in [0.25, 0.3) is 0 Å². The zero-order valence-corrected chi connectivity index (χ0v) is 18.5. The summed E-state index contributed by atoms with van der Waals surface area (Å²) in [5, 5.41) is 12.8. The molecule has 2 aliphatic rings. The topological polar surface area (TPSA) is 85.4 Å². The minimum Gasteiger partial charge on any atom is -0.467 e. The predicted molar refractivity (Wildman–Crippen MR) is 119 cm³/mol. The number of nitrogens with one attached hydrogen (secondary N) is 1. The summed E-state index contributed by atoms with van der Waals surface area (Å²) in [4.78, 5) is 21.7. The van der Waals surface area contributed by atoms with Crippen LogP contribution in [0.4, 0.5) is 5.82 Å². The van der Waals surface area contributed by atoms with Crippen LogP contribution in [0.2, 0.25) is 0 Å². The molecule has 0 atom stereocenters. The standard InChI is InChI=1S/C24H31N5O2/c1-17(2)13-22-20-7-3-6-19(20)21(14-25)24(27-22)29-10-8-28(9-11-29)16-23(30)26-15-18-5-4-12-31-18/h4-5,12,17H,3,6-11,13,15-16H2,1-2H3,(H,26,30). The van der Waals surface area contributed by atoms with Crippen LogP contribution in [-0.4, -0.2) is 48.5 Å². The Morgan fingerprint density at radius 1 is 1.26 bits per heavy atom. The first kappa shape index (κ1) is 21.4. The third-order valence-corrected chi connectivity index (χ3v) is 6.12. The van der Waals surface area contributed by atoms with Crippen LogP contribution in [0.15, 0.2) is 22.8 Å². The molecule has 0 spiro atoms. The van der Waals surface area contributed by atoms with Crippen molar-refractivity contribution in [2.45, 2.75) is 46.1 Å². The molecule has 0 saturated carbocycles. The Kier molecular flexibility index (Phi) is 6.57. The fourth-order valence-corrected chi connectivity index (χ4v) is 4.60. The highest BCUT2D eigenvalue weighted by Crippen LogP contribution is 2.34. The van der Waals surface area contributed by atoms with Gasteiger partial charge in [-0.25, -0.2) is 4.98 Å². The van der Waals surface area contributed by atoms with Gasteiger partial charge in [-0.3, -0.25) is 9.69 Å². The molecule has 1 fully saturated rings. The molecule has 1 amide bonds. The summed E-state index contributed by atoms with van der Waals surface area (Å²) in [6.07, 6.45) is 5.70. The highest BCUT2D eigenvalue weighted by Gasteiger charge is 2.28. The first-order valence-corrected chi connectivity index (χ1v) is 11.3.